The number of benzene rings is 2. The first-order valence-corrected chi connectivity index (χ1v) is 11.1. The molecule has 1 N–H and O–H groups in total. The second kappa shape index (κ2) is 8.16. The van der Waals surface area contributed by atoms with Gasteiger partial charge in [0.1, 0.15) is 5.75 Å². The highest BCUT2D eigenvalue weighted by molar-refractivity contribution is 14.1. The zero-order valence-electron chi connectivity index (χ0n) is 17.2. The van der Waals surface area contributed by atoms with E-state index in [1.54, 1.807) is 6.92 Å². The van der Waals surface area contributed by atoms with Crippen LogP contribution in [0.3, 0.4) is 0 Å². The van der Waals surface area contributed by atoms with Crippen LogP contribution in [0, 0.1) is 3.57 Å². The Balaban J connectivity index is 2.74. The normalized spacial score (nSPS) is 13.5. The number of halogens is 1. The number of hydrogen-bond acceptors (Lipinski definition) is 3. The van der Waals surface area contributed by atoms with Crippen molar-refractivity contribution in [3.63, 3.8) is 0 Å². The SMILES string of the molecule is CC(=O)SC(c1ccc(I)cc1)c1cc(C(C)(C)C)c(O)c(C(C)(C)C)c1. The molecule has 0 amide bonds. The van der Waals surface area contributed by atoms with Gasteiger partial charge in [0.15, 0.2) is 5.12 Å². The molecule has 1 atom stereocenters. The van der Waals surface area contributed by atoms with Gasteiger partial charge in [-0.2, -0.15) is 0 Å². The van der Waals surface area contributed by atoms with E-state index in [0.29, 0.717) is 5.75 Å². The number of carbonyl (C=O) groups excluding carboxylic acids is 1. The highest BCUT2D eigenvalue weighted by Crippen LogP contribution is 2.44. The summed E-state index contributed by atoms with van der Waals surface area (Å²) in [6.45, 7) is 14.3. The molecule has 0 radical (unpaired) electrons. The minimum atomic E-state index is -0.197. The summed E-state index contributed by atoms with van der Waals surface area (Å²) < 4.78 is 1.17. The molecule has 146 valence electrons. The van der Waals surface area contributed by atoms with Gasteiger partial charge in [0.05, 0.1) is 5.25 Å². The van der Waals surface area contributed by atoms with E-state index in [1.807, 2.05) is 0 Å². The average molecular weight is 496 g/mol. The molecule has 0 aromatic heterocycles. The summed E-state index contributed by atoms with van der Waals surface area (Å²) in [7, 11) is 0. The van der Waals surface area contributed by atoms with Crippen LogP contribution in [0.25, 0.3) is 0 Å². The van der Waals surface area contributed by atoms with Gasteiger partial charge in [-0.05, 0) is 67.8 Å². The molecule has 2 aromatic carbocycles. The summed E-state index contributed by atoms with van der Waals surface area (Å²) in [5.74, 6) is 0.368. The van der Waals surface area contributed by atoms with Gasteiger partial charge in [0.2, 0.25) is 0 Å². The van der Waals surface area contributed by atoms with Crippen LogP contribution in [0.2, 0.25) is 0 Å². The molecule has 0 bridgehead atoms. The standard InChI is InChI=1S/C23H29IO2S/c1-14(25)27-21(15-8-10-17(24)11-9-15)16-12-18(22(2,3)4)20(26)19(13-16)23(5,6)7/h8-13,21,26H,1-7H3. The lowest BCUT2D eigenvalue weighted by molar-refractivity contribution is -0.109. The molecule has 2 rings (SSSR count). The first-order valence-electron chi connectivity index (χ1n) is 9.11. The van der Waals surface area contributed by atoms with E-state index in [-0.39, 0.29) is 21.2 Å². The molecule has 0 spiro atoms. The number of phenolic OH excluding ortho intramolecular Hbond substituents is 1. The number of carbonyl (C=O) groups is 1. The first kappa shape index (κ1) is 22.3. The van der Waals surface area contributed by atoms with E-state index >= 15 is 0 Å². The molecule has 2 nitrogen and oxygen atoms in total. The third kappa shape index (κ3) is 5.50. The molecular weight excluding hydrogens is 467 g/mol. The lowest BCUT2D eigenvalue weighted by atomic mass is 9.78. The molecule has 1 unspecified atom stereocenters. The predicted molar refractivity (Wildman–Crippen MR) is 125 cm³/mol. The topological polar surface area (TPSA) is 37.3 Å². The van der Waals surface area contributed by atoms with E-state index in [2.05, 4.69) is 101 Å². The molecule has 0 aliphatic rings. The molecule has 4 heteroatoms. The third-order valence-corrected chi connectivity index (χ3v) is 6.34. The number of thioether (sulfide) groups is 1. The van der Waals surface area contributed by atoms with Crippen LogP contribution in [0.5, 0.6) is 5.75 Å². The van der Waals surface area contributed by atoms with Crippen molar-refractivity contribution >= 4 is 39.5 Å². The van der Waals surface area contributed by atoms with Crippen LogP contribution in [0.1, 0.15) is 76.0 Å². The van der Waals surface area contributed by atoms with E-state index < -0.39 is 0 Å². The molecule has 0 aliphatic heterocycles. The van der Waals surface area contributed by atoms with Crippen LogP contribution in [-0.2, 0) is 15.6 Å². The van der Waals surface area contributed by atoms with Gasteiger partial charge in [0, 0.05) is 10.5 Å². The monoisotopic (exact) mass is 496 g/mol. The van der Waals surface area contributed by atoms with Crippen molar-refractivity contribution in [2.75, 3.05) is 0 Å². The summed E-state index contributed by atoms with van der Waals surface area (Å²) >= 11 is 3.62. The summed E-state index contributed by atoms with van der Waals surface area (Å²) in [4.78, 5) is 12.0. The fourth-order valence-corrected chi connectivity index (χ4v) is 4.34. The summed E-state index contributed by atoms with van der Waals surface area (Å²) in [5, 5.41) is 11.0. The van der Waals surface area contributed by atoms with Crippen molar-refractivity contribution in [2.24, 2.45) is 0 Å². The van der Waals surface area contributed by atoms with Crippen LogP contribution >= 0.6 is 34.4 Å². The van der Waals surface area contributed by atoms with Crippen LogP contribution in [0.15, 0.2) is 36.4 Å². The number of hydrogen-bond donors (Lipinski definition) is 1. The average Bonchev–Trinajstić information content (AvgIpc) is 2.51. The smallest absolute Gasteiger partial charge is 0.186 e. The maximum Gasteiger partial charge on any atom is 0.186 e. The van der Waals surface area contributed by atoms with Crippen molar-refractivity contribution in [1.82, 2.24) is 0 Å². The first-order chi connectivity index (χ1) is 12.3. The highest BCUT2D eigenvalue weighted by Gasteiger charge is 2.29. The zero-order valence-corrected chi connectivity index (χ0v) is 20.2. The van der Waals surface area contributed by atoms with Crippen molar-refractivity contribution in [2.45, 2.75) is 64.5 Å². The summed E-state index contributed by atoms with van der Waals surface area (Å²) in [6, 6.07) is 12.5. The largest absolute Gasteiger partial charge is 0.507 e. The van der Waals surface area contributed by atoms with Crippen molar-refractivity contribution < 1.29 is 9.90 Å². The molecule has 0 heterocycles. The van der Waals surface area contributed by atoms with Gasteiger partial charge in [-0.3, -0.25) is 4.79 Å². The van der Waals surface area contributed by atoms with E-state index in [0.717, 1.165) is 22.3 Å². The van der Waals surface area contributed by atoms with Gasteiger partial charge in [0.25, 0.3) is 0 Å². The van der Waals surface area contributed by atoms with Gasteiger partial charge >= 0.3 is 0 Å². The Morgan fingerprint density at radius 2 is 1.37 bits per heavy atom. The van der Waals surface area contributed by atoms with E-state index in [1.165, 1.54) is 15.3 Å². The third-order valence-electron chi connectivity index (χ3n) is 4.51. The number of phenols is 1. The Hall–Kier alpha value is -1.01. The Kier molecular flexibility index (Phi) is 6.73. The Morgan fingerprint density at radius 1 is 0.926 bits per heavy atom. The lowest BCUT2D eigenvalue weighted by Gasteiger charge is -2.30. The second-order valence-electron chi connectivity index (χ2n) is 9.01. The molecule has 2 aromatic rings. The lowest BCUT2D eigenvalue weighted by Crippen LogP contribution is -2.18. The Bertz CT molecular complexity index is 792. The zero-order chi connectivity index (χ0) is 20.6. The second-order valence-corrected chi connectivity index (χ2v) is 11.5. The minimum absolute atomic E-state index is 0.0845. The van der Waals surface area contributed by atoms with Gasteiger partial charge < -0.3 is 5.11 Å². The quantitative estimate of drug-likeness (QED) is 0.467. The van der Waals surface area contributed by atoms with E-state index in [4.69, 9.17) is 0 Å². The fourth-order valence-electron chi connectivity index (χ4n) is 3.08. The molecule has 27 heavy (non-hydrogen) atoms. The van der Waals surface area contributed by atoms with Crippen LogP contribution in [-0.4, -0.2) is 10.2 Å². The molecule has 0 saturated carbocycles. The molecule has 0 fully saturated rings. The number of rotatable bonds is 3. The molecule has 0 aliphatic carbocycles. The van der Waals surface area contributed by atoms with Crippen LogP contribution < -0.4 is 0 Å². The maximum atomic E-state index is 12.0. The van der Waals surface area contributed by atoms with E-state index in [9.17, 15) is 9.90 Å². The van der Waals surface area contributed by atoms with Gasteiger partial charge in [-0.1, -0.05) is 77.6 Å². The van der Waals surface area contributed by atoms with Crippen molar-refractivity contribution in [3.05, 3.63) is 62.2 Å². The maximum absolute atomic E-state index is 12.0. The van der Waals surface area contributed by atoms with Crippen LogP contribution in [0.4, 0.5) is 0 Å². The summed E-state index contributed by atoms with van der Waals surface area (Å²) in [5.41, 5.74) is 3.61. The van der Waals surface area contributed by atoms with Crippen molar-refractivity contribution in [3.8, 4) is 5.75 Å². The highest BCUT2D eigenvalue weighted by atomic mass is 127. The summed E-state index contributed by atoms with van der Waals surface area (Å²) in [6.07, 6.45) is 0. The predicted octanol–water partition coefficient (Wildman–Crippen LogP) is 6.96. The molecular formula is C23H29IO2S. The Morgan fingerprint density at radius 3 is 1.74 bits per heavy atom. The number of aromatic hydroxyl groups is 1. The minimum Gasteiger partial charge on any atom is -0.507 e. The fraction of sp³-hybridized carbons (Fsp3) is 0.435. The Labute approximate surface area is 181 Å². The van der Waals surface area contributed by atoms with Gasteiger partial charge in [-0.15, -0.1) is 0 Å². The van der Waals surface area contributed by atoms with Crippen molar-refractivity contribution in [1.29, 1.82) is 0 Å². The molecule has 0 saturated heterocycles. The van der Waals surface area contributed by atoms with Gasteiger partial charge in [-0.25, -0.2) is 0 Å².